The summed E-state index contributed by atoms with van der Waals surface area (Å²) in [5.74, 6) is -2.64. The fourth-order valence-electron chi connectivity index (χ4n) is 3.22. The average molecular weight is 461 g/mol. The third-order valence-corrected chi connectivity index (χ3v) is 6.12. The van der Waals surface area contributed by atoms with Crippen LogP contribution in [0.3, 0.4) is 0 Å². The van der Waals surface area contributed by atoms with Crippen LogP contribution in [0.5, 0.6) is 0 Å². The Labute approximate surface area is 174 Å². The third-order valence-electron chi connectivity index (χ3n) is 4.49. The molecule has 3 rings (SSSR count). The van der Waals surface area contributed by atoms with Gasteiger partial charge in [0.25, 0.3) is 0 Å². The second kappa shape index (κ2) is 7.32. The van der Waals surface area contributed by atoms with E-state index in [2.05, 4.69) is 10.3 Å². The van der Waals surface area contributed by atoms with Crippen molar-refractivity contribution in [3.05, 3.63) is 23.4 Å². The maximum atomic E-state index is 13.5. The molecule has 0 N–H and O–H groups in total. The predicted molar refractivity (Wildman–Crippen MR) is 103 cm³/mol. The van der Waals surface area contributed by atoms with Crippen LogP contribution in [0.25, 0.3) is 11.0 Å². The molecule has 0 unspecified atom stereocenters. The molecule has 0 aliphatic carbocycles. The Balaban J connectivity index is 2.26. The lowest BCUT2D eigenvalue weighted by Crippen LogP contribution is -2.34. The van der Waals surface area contributed by atoms with Crippen LogP contribution in [0.1, 0.15) is 45.4 Å². The van der Waals surface area contributed by atoms with Gasteiger partial charge in [-0.05, 0) is 25.5 Å². The fourth-order valence-corrected chi connectivity index (χ4v) is 4.75. The number of anilines is 1. The van der Waals surface area contributed by atoms with E-state index in [1.54, 1.807) is 13.8 Å². The number of alkyl halides is 3. The van der Waals surface area contributed by atoms with Gasteiger partial charge < -0.3 is 9.36 Å². The molecule has 1 aliphatic rings. The minimum Gasteiger partial charge on any atom is -0.389 e. The zero-order valence-electron chi connectivity index (χ0n) is 16.9. The second-order valence-electron chi connectivity index (χ2n) is 7.62. The lowest BCUT2D eigenvalue weighted by atomic mass is 10.1. The molecule has 31 heavy (non-hydrogen) atoms. The van der Waals surface area contributed by atoms with Gasteiger partial charge in [-0.15, -0.1) is 0 Å². The Bertz CT molecular complexity index is 1200. The first-order valence-electron chi connectivity index (χ1n) is 8.91. The van der Waals surface area contributed by atoms with E-state index in [-0.39, 0.29) is 22.6 Å². The number of fused-ring (bicyclic) bond motifs is 1. The summed E-state index contributed by atoms with van der Waals surface area (Å²) in [6.45, 7) is 5.18. The molecule has 168 valence electrons. The first kappa shape index (κ1) is 22.7. The van der Waals surface area contributed by atoms with Crippen molar-refractivity contribution < 1.29 is 40.5 Å². The molecular weight excluding hydrogens is 443 g/mol. The quantitative estimate of drug-likeness (QED) is 0.689. The van der Waals surface area contributed by atoms with Crippen LogP contribution < -0.4 is 4.90 Å². The minimum atomic E-state index is -4.98. The molecule has 0 saturated carbocycles. The van der Waals surface area contributed by atoms with E-state index in [1.165, 1.54) is 6.07 Å². The van der Waals surface area contributed by atoms with Crippen molar-refractivity contribution in [2.45, 2.75) is 51.6 Å². The summed E-state index contributed by atoms with van der Waals surface area (Å²) >= 11 is 0. The zero-order chi connectivity index (χ0) is 23.4. The van der Waals surface area contributed by atoms with Crippen LogP contribution in [-0.4, -0.2) is 36.0 Å². The summed E-state index contributed by atoms with van der Waals surface area (Å²) in [6, 6.07) is 2.27. The van der Waals surface area contributed by atoms with Gasteiger partial charge in [-0.25, -0.2) is 13.3 Å². The van der Waals surface area contributed by atoms with Crippen molar-refractivity contribution in [2.24, 2.45) is 5.16 Å². The van der Waals surface area contributed by atoms with Crippen LogP contribution in [-0.2, 0) is 36.2 Å². The van der Waals surface area contributed by atoms with Crippen molar-refractivity contribution in [3.8, 4) is 0 Å². The highest BCUT2D eigenvalue weighted by molar-refractivity contribution is 8.05. The Hall–Kier alpha value is -2.96. The van der Waals surface area contributed by atoms with Gasteiger partial charge in [0.15, 0.2) is 26.2 Å². The molecule has 2 heterocycles. The number of hydrogen-bond donors (Lipinski definition) is 0. The summed E-state index contributed by atoms with van der Waals surface area (Å²) < 4.78 is 71.1. The van der Waals surface area contributed by atoms with E-state index in [4.69, 9.17) is 9.36 Å². The molecular formula is C18H18F3N3O6S. The van der Waals surface area contributed by atoms with Gasteiger partial charge in [0.1, 0.15) is 5.60 Å². The van der Waals surface area contributed by atoms with Crippen LogP contribution in [0.4, 0.5) is 18.9 Å². The van der Waals surface area contributed by atoms with Crippen molar-refractivity contribution in [2.75, 3.05) is 4.90 Å². The number of aromatic nitrogens is 1. The molecule has 0 saturated heterocycles. The second-order valence-corrected chi connectivity index (χ2v) is 9.61. The fraction of sp³-hybridized carbons (Fsp3) is 0.444. The van der Waals surface area contributed by atoms with Gasteiger partial charge in [-0.1, -0.05) is 16.4 Å². The number of imide groups is 1. The van der Waals surface area contributed by atoms with Crippen molar-refractivity contribution in [3.63, 3.8) is 0 Å². The van der Waals surface area contributed by atoms with Crippen LogP contribution in [0, 0.1) is 0 Å². The number of hydrogen-bond acceptors (Lipinski definition) is 8. The monoisotopic (exact) mass is 461 g/mol. The first-order valence-corrected chi connectivity index (χ1v) is 10.6. The van der Waals surface area contributed by atoms with Crippen LogP contribution in [0.2, 0.25) is 0 Å². The normalized spacial score (nSPS) is 16.2. The molecule has 1 aromatic heterocycles. The summed E-state index contributed by atoms with van der Waals surface area (Å²) in [4.78, 5) is 29.8. The summed E-state index contributed by atoms with van der Waals surface area (Å²) in [7, 11) is -4.15. The lowest BCUT2D eigenvalue weighted by molar-refractivity contribution is -0.141. The summed E-state index contributed by atoms with van der Waals surface area (Å²) in [5, 5.41) is 5.63. The van der Waals surface area contributed by atoms with Gasteiger partial charge in [-0.3, -0.25) is 9.59 Å². The predicted octanol–water partition coefficient (Wildman–Crippen LogP) is 3.17. The van der Waals surface area contributed by atoms with Gasteiger partial charge in [-0.2, -0.15) is 13.2 Å². The standard InChI is InChI=1S/C18H18F3N3O6S/c1-9(25)24(10(2)26)15-11(8-31(27,28)13-7-17(3,4)30-22-13)5-6-12-14(15)16(23-29-12)18(19,20)21/h5-6H,7-8H2,1-4H3. The van der Waals surface area contributed by atoms with Gasteiger partial charge >= 0.3 is 6.18 Å². The SMILES string of the molecule is CC(=O)N(C(C)=O)c1c(CS(=O)(=O)C2=NOC(C)(C)C2)ccc2onc(C(F)(F)F)c12. The number of amides is 2. The Morgan fingerprint density at radius 3 is 2.29 bits per heavy atom. The molecule has 0 radical (unpaired) electrons. The smallest absolute Gasteiger partial charge is 0.389 e. The molecule has 2 aromatic rings. The molecule has 0 fully saturated rings. The topological polar surface area (TPSA) is 119 Å². The van der Waals surface area contributed by atoms with Crippen LogP contribution >= 0.6 is 0 Å². The number of carbonyl (C=O) groups is 2. The largest absolute Gasteiger partial charge is 0.437 e. The zero-order valence-corrected chi connectivity index (χ0v) is 17.7. The van der Waals surface area contributed by atoms with E-state index in [1.807, 2.05) is 0 Å². The maximum Gasteiger partial charge on any atom is 0.437 e. The third kappa shape index (κ3) is 4.27. The number of benzene rings is 1. The highest BCUT2D eigenvalue weighted by Gasteiger charge is 2.41. The van der Waals surface area contributed by atoms with E-state index in [0.717, 1.165) is 19.9 Å². The number of oxime groups is 1. The first-order chi connectivity index (χ1) is 14.1. The van der Waals surface area contributed by atoms with Gasteiger partial charge in [0.05, 0.1) is 16.8 Å². The number of sulfone groups is 1. The molecule has 9 nitrogen and oxygen atoms in total. The van der Waals surface area contributed by atoms with Gasteiger partial charge in [0, 0.05) is 20.3 Å². The molecule has 0 atom stereocenters. The van der Waals surface area contributed by atoms with Crippen molar-refractivity contribution >= 4 is 43.4 Å². The number of carbonyl (C=O) groups excluding carboxylic acids is 2. The molecule has 0 spiro atoms. The van der Waals surface area contributed by atoms with Crippen molar-refractivity contribution in [1.82, 2.24) is 5.16 Å². The van der Waals surface area contributed by atoms with E-state index < -0.39 is 55.9 Å². The lowest BCUT2D eigenvalue weighted by Gasteiger charge is -2.22. The Kier molecular flexibility index (Phi) is 5.37. The van der Waals surface area contributed by atoms with Crippen LogP contribution in [0.15, 0.2) is 21.8 Å². The Morgan fingerprint density at radius 2 is 1.81 bits per heavy atom. The molecule has 0 bridgehead atoms. The summed E-state index contributed by atoms with van der Waals surface area (Å²) in [5.41, 5.74) is -3.48. The summed E-state index contributed by atoms with van der Waals surface area (Å²) in [6.07, 6.45) is -5.03. The molecule has 2 amide bonds. The number of rotatable bonds is 3. The highest BCUT2D eigenvalue weighted by atomic mass is 32.2. The Morgan fingerprint density at radius 1 is 1.19 bits per heavy atom. The average Bonchev–Trinajstić information content (AvgIpc) is 3.19. The van der Waals surface area contributed by atoms with Gasteiger partial charge in [0.2, 0.25) is 11.8 Å². The van der Waals surface area contributed by atoms with E-state index in [9.17, 15) is 31.2 Å². The van der Waals surface area contributed by atoms with Crippen molar-refractivity contribution in [1.29, 1.82) is 0 Å². The van der Waals surface area contributed by atoms with E-state index in [0.29, 0.717) is 4.90 Å². The van der Waals surface area contributed by atoms with E-state index >= 15 is 0 Å². The number of nitrogens with zero attached hydrogens (tertiary/aromatic N) is 3. The minimum absolute atomic E-state index is 0.0445. The highest BCUT2D eigenvalue weighted by Crippen LogP contribution is 2.41. The molecule has 1 aliphatic heterocycles. The number of halogens is 3. The molecule has 13 heteroatoms. The molecule has 1 aromatic carbocycles. The maximum absolute atomic E-state index is 13.5.